The van der Waals surface area contributed by atoms with E-state index in [9.17, 15) is 0 Å². The first-order valence-corrected chi connectivity index (χ1v) is 8.92. The van der Waals surface area contributed by atoms with E-state index in [-0.39, 0.29) is 0 Å². The van der Waals surface area contributed by atoms with Gasteiger partial charge in [-0.05, 0) is 64.1 Å². The molecule has 2 aliphatic heterocycles. The van der Waals surface area contributed by atoms with Crippen molar-refractivity contribution in [2.24, 2.45) is 16.8 Å². The summed E-state index contributed by atoms with van der Waals surface area (Å²) in [5.41, 5.74) is 0. The van der Waals surface area contributed by atoms with Gasteiger partial charge in [0.25, 0.3) is 0 Å². The number of fused-ring (bicyclic) bond motifs is 1. The molecule has 0 radical (unpaired) electrons. The first kappa shape index (κ1) is 13.7. The van der Waals surface area contributed by atoms with E-state index in [2.05, 4.69) is 17.3 Å². The molecule has 1 saturated carbocycles. The Hall–Kier alpha value is -0.220. The van der Waals surface area contributed by atoms with Crippen molar-refractivity contribution in [1.82, 2.24) is 10.2 Å². The number of nitrogens with one attached hydrogen (secondary N) is 1. The first-order chi connectivity index (χ1) is 9.31. The normalized spacial score (nSPS) is 35.3. The third-order valence-electron chi connectivity index (χ3n) is 5.03. The minimum Gasteiger partial charge on any atom is -0.362 e. The summed E-state index contributed by atoms with van der Waals surface area (Å²) < 4.78 is 0. The van der Waals surface area contributed by atoms with Crippen LogP contribution in [0.2, 0.25) is 0 Å². The molecule has 19 heavy (non-hydrogen) atoms. The molecule has 3 rings (SSSR count). The third-order valence-corrected chi connectivity index (χ3v) is 6.15. The second-order valence-electron chi connectivity index (χ2n) is 6.48. The van der Waals surface area contributed by atoms with Crippen molar-refractivity contribution in [2.75, 3.05) is 32.4 Å². The zero-order valence-corrected chi connectivity index (χ0v) is 12.9. The largest absolute Gasteiger partial charge is 0.362 e. The molecular weight excluding hydrogens is 254 g/mol. The van der Waals surface area contributed by atoms with E-state index in [1.807, 2.05) is 11.8 Å². The van der Waals surface area contributed by atoms with Gasteiger partial charge in [0.15, 0.2) is 5.17 Å². The van der Waals surface area contributed by atoms with Gasteiger partial charge in [-0.2, -0.15) is 0 Å². The summed E-state index contributed by atoms with van der Waals surface area (Å²) in [5.74, 6) is 3.12. The van der Waals surface area contributed by atoms with Crippen LogP contribution in [0.1, 0.15) is 38.5 Å². The average Bonchev–Trinajstić information content (AvgIpc) is 2.88. The molecule has 0 aromatic carbocycles. The quantitative estimate of drug-likeness (QED) is 0.861. The zero-order valence-electron chi connectivity index (χ0n) is 12.1. The standard InChI is InChI=1S/C15H27N3S/c1-18-9-6-12(7-10-18)5-8-16-15-17-14-4-2-3-13(14)11-19-15/h12-14H,2-11H2,1H3,(H,16,17). The molecule has 4 heteroatoms. The van der Waals surface area contributed by atoms with Crippen LogP contribution in [0.3, 0.4) is 0 Å². The van der Waals surface area contributed by atoms with Gasteiger partial charge in [0.2, 0.25) is 0 Å². The van der Waals surface area contributed by atoms with Gasteiger partial charge >= 0.3 is 0 Å². The molecule has 3 fully saturated rings. The fraction of sp³-hybridized carbons (Fsp3) is 0.933. The van der Waals surface area contributed by atoms with Crippen LogP contribution in [-0.2, 0) is 0 Å². The highest BCUT2D eigenvalue weighted by Gasteiger charge is 2.31. The van der Waals surface area contributed by atoms with E-state index in [0.717, 1.165) is 24.4 Å². The first-order valence-electron chi connectivity index (χ1n) is 7.93. The van der Waals surface area contributed by atoms with E-state index < -0.39 is 0 Å². The van der Waals surface area contributed by atoms with Crippen molar-refractivity contribution in [3.63, 3.8) is 0 Å². The minimum atomic E-state index is 0.739. The van der Waals surface area contributed by atoms with Crippen molar-refractivity contribution < 1.29 is 0 Å². The zero-order chi connectivity index (χ0) is 13.1. The summed E-state index contributed by atoms with van der Waals surface area (Å²) in [6.45, 7) is 3.58. The highest BCUT2D eigenvalue weighted by atomic mass is 32.2. The van der Waals surface area contributed by atoms with E-state index >= 15 is 0 Å². The van der Waals surface area contributed by atoms with Gasteiger partial charge in [-0.25, -0.2) is 0 Å². The van der Waals surface area contributed by atoms with Crippen LogP contribution < -0.4 is 5.32 Å². The van der Waals surface area contributed by atoms with Crippen LogP contribution in [0.5, 0.6) is 0 Å². The lowest BCUT2D eigenvalue weighted by Crippen LogP contribution is -2.41. The van der Waals surface area contributed by atoms with Crippen LogP contribution in [0.4, 0.5) is 0 Å². The lowest BCUT2D eigenvalue weighted by atomic mass is 9.94. The van der Waals surface area contributed by atoms with Crippen LogP contribution in [-0.4, -0.2) is 48.5 Å². The molecule has 3 nitrogen and oxygen atoms in total. The predicted molar refractivity (Wildman–Crippen MR) is 83.9 cm³/mol. The molecule has 0 spiro atoms. The maximum absolute atomic E-state index is 4.81. The van der Waals surface area contributed by atoms with Crippen LogP contribution in [0.25, 0.3) is 0 Å². The van der Waals surface area contributed by atoms with Gasteiger partial charge in [0.05, 0.1) is 0 Å². The second kappa shape index (κ2) is 6.49. The number of amidine groups is 1. The fourth-order valence-corrected chi connectivity index (χ4v) is 4.79. The number of rotatable bonds is 3. The van der Waals surface area contributed by atoms with E-state index in [0.29, 0.717) is 0 Å². The minimum absolute atomic E-state index is 0.739. The Labute approximate surface area is 121 Å². The van der Waals surface area contributed by atoms with Crippen molar-refractivity contribution in [1.29, 1.82) is 0 Å². The highest BCUT2D eigenvalue weighted by molar-refractivity contribution is 8.13. The SMILES string of the molecule is CN1CCC(CCN=C2NC3CCCC3CS2)CC1. The van der Waals surface area contributed by atoms with Gasteiger partial charge in [-0.3, -0.25) is 4.99 Å². The number of hydrogen-bond acceptors (Lipinski definition) is 3. The number of aliphatic imine (C=N–C) groups is 1. The van der Waals surface area contributed by atoms with Crippen LogP contribution in [0.15, 0.2) is 4.99 Å². The third kappa shape index (κ3) is 3.66. The fourth-order valence-electron chi connectivity index (χ4n) is 3.60. The molecule has 2 saturated heterocycles. The number of thioether (sulfide) groups is 1. The smallest absolute Gasteiger partial charge is 0.156 e. The van der Waals surface area contributed by atoms with Gasteiger partial charge < -0.3 is 10.2 Å². The summed E-state index contributed by atoms with van der Waals surface area (Å²) in [6, 6.07) is 0.739. The molecule has 0 amide bonds. The van der Waals surface area contributed by atoms with Gasteiger partial charge in [-0.15, -0.1) is 0 Å². The summed E-state index contributed by atoms with van der Waals surface area (Å²) in [4.78, 5) is 7.26. The maximum Gasteiger partial charge on any atom is 0.156 e. The molecule has 0 aromatic heterocycles. The van der Waals surface area contributed by atoms with E-state index in [1.54, 1.807) is 0 Å². The number of hydrogen-bond donors (Lipinski definition) is 1. The lowest BCUT2D eigenvalue weighted by molar-refractivity contribution is 0.214. The Morgan fingerprint density at radius 1 is 1.26 bits per heavy atom. The summed E-state index contributed by atoms with van der Waals surface area (Å²) in [7, 11) is 2.23. The molecule has 2 atom stereocenters. The van der Waals surface area contributed by atoms with Crippen molar-refractivity contribution in [3.05, 3.63) is 0 Å². The highest BCUT2D eigenvalue weighted by Crippen LogP contribution is 2.32. The van der Waals surface area contributed by atoms with Crippen molar-refractivity contribution in [2.45, 2.75) is 44.6 Å². The van der Waals surface area contributed by atoms with Crippen LogP contribution in [0, 0.1) is 11.8 Å². The Bertz CT molecular complexity index is 323. The molecular formula is C15H27N3S. The summed E-state index contributed by atoms with van der Waals surface area (Å²) in [6.07, 6.45) is 8.21. The molecule has 3 aliphatic rings. The van der Waals surface area contributed by atoms with Crippen molar-refractivity contribution in [3.8, 4) is 0 Å². The molecule has 0 bridgehead atoms. The van der Waals surface area contributed by atoms with Crippen LogP contribution >= 0.6 is 11.8 Å². The topological polar surface area (TPSA) is 27.6 Å². The Kier molecular flexibility index (Phi) is 4.69. The Balaban J connectivity index is 1.40. The Morgan fingerprint density at radius 3 is 2.95 bits per heavy atom. The van der Waals surface area contributed by atoms with Gasteiger partial charge in [-0.1, -0.05) is 18.2 Å². The average molecular weight is 281 g/mol. The second-order valence-corrected chi connectivity index (χ2v) is 7.48. The number of likely N-dealkylation sites (tertiary alicyclic amines) is 1. The molecule has 0 aromatic rings. The van der Waals surface area contributed by atoms with E-state index in [1.165, 1.54) is 62.5 Å². The lowest BCUT2D eigenvalue weighted by Gasteiger charge is -2.29. The molecule has 2 unspecified atom stereocenters. The molecule has 1 N–H and O–H groups in total. The maximum atomic E-state index is 4.81. The molecule has 108 valence electrons. The summed E-state index contributed by atoms with van der Waals surface area (Å²) >= 11 is 1.96. The number of nitrogens with zero attached hydrogens (tertiary/aromatic N) is 2. The van der Waals surface area contributed by atoms with E-state index in [4.69, 9.17) is 4.99 Å². The molecule has 2 heterocycles. The summed E-state index contributed by atoms with van der Waals surface area (Å²) in [5, 5.41) is 4.90. The Morgan fingerprint density at radius 2 is 2.11 bits per heavy atom. The predicted octanol–water partition coefficient (Wildman–Crippen LogP) is 2.58. The molecule has 1 aliphatic carbocycles. The van der Waals surface area contributed by atoms with Gasteiger partial charge in [0, 0.05) is 18.3 Å². The van der Waals surface area contributed by atoms with Gasteiger partial charge in [0.1, 0.15) is 0 Å². The monoisotopic (exact) mass is 281 g/mol. The van der Waals surface area contributed by atoms with Crippen molar-refractivity contribution >= 4 is 16.9 Å². The number of piperidine rings is 1.